The Balaban J connectivity index is 2.46. The van der Waals surface area contributed by atoms with E-state index < -0.39 is 10.1 Å². The summed E-state index contributed by atoms with van der Waals surface area (Å²) >= 11 is 6.55. The SMILES string of the molecule is COc1ccc(OC)c(S(=O)(=O)Oc2ccc(Br)cc2Br)c1. The minimum absolute atomic E-state index is 0.107. The predicted octanol–water partition coefficient (Wildman–Crippen LogP) is 4.00. The lowest BCUT2D eigenvalue weighted by atomic mass is 10.3. The molecule has 22 heavy (non-hydrogen) atoms. The van der Waals surface area contributed by atoms with Crippen molar-refractivity contribution in [3.63, 3.8) is 0 Å². The Morgan fingerprint density at radius 1 is 0.909 bits per heavy atom. The van der Waals surface area contributed by atoms with Crippen LogP contribution in [0.1, 0.15) is 0 Å². The number of ether oxygens (including phenoxy) is 2. The molecule has 0 bridgehead atoms. The van der Waals surface area contributed by atoms with Crippen molar-refractivity contribution in [1.82, 2.24) is 0 Å². The van der Waals surface area contributed by atoms with E-state index in [9.17, 15) is 8.42 Å². The molecule has 0 heterocycles. The molecule has 118 valence electrons. The molecule has 0 N–H and O–H groups in total. The summed E-state index contributed by atoms with van der Waals surface area (Å²) in [5.74, 6) is 0.736. The fourth-order valence-electron chi connectivity index (χ4n) is 1.69. The topological polar surface area (TPSA) is 61.8 Å². The molecule has 8 heteroatoms. The van der Waals surface area contributed by atoms with Crippen LogP contribution in [0.2, 0.25) is 0 Å². The van der Waals surface area contributed by atoms with Crippen molar-refractivity contribution in [2.24, 2.45) is 0 Å². The van der Waals surface area contributed by atoms with Gasteiger partial charge in [-0.05, 0) is 46.3 Å². The van der Waals surface area contributed by atoms with Crippen molar-refractivity contribution in [2.75, 3.05) is 14.2 Å². The highest BCUT2D eigenvalue weighted by Gasteiger charge is 2.24. The van der Waals surface area contributed by atoms with Crippen molar-refractivity contribution in [3.05, 3.63) is 45.3 Å². The van der Waals surface area contributed by atoms with E-state index in [-0.39, 0.29) is 16.4 Å². The van der Waals surface area contributed by atoms with E-state index in [0.717, 1.165) is 4.47 Å². The summed E-state index contributed by atoms with van der Waals surface area (Å²) in [6, 6.07) is 9.37. The van der Waals surface area contributed by atoms with E-state index >= 15 is 0 Å². The van der Waals surface area contributed by atoms with E-state index in [4.69, 9.17) is 13.7 Å². The van der Waals surface area contributed by atoms with Gasteiger partial charge in [0, 0.05) is 10.5 Å². The van der Waals surface area contributed by atoms with E-state index in [0.29, 0.717) is 10.2 Å². The number of methoxy groups -OCH3 is 2. The molecule has 0 aliphatic carbocycles. The first kappa shape index (κ1) is 17.1. The molecule has 0 fully saturated rings. The Hall–Kier alpha value is -1.25. The standard InChI is InChI=1S/C14H12Br2O5S/c1-19-10-4-6-13(20-2)14(8-10)22(17,18)21-12-5-3-9(15)7-11(12)16/h3-8H,1-2H3. The average Bonchev–Trinajstić information content (AvgIpc) is 2.49. The molecular formula is C14H12Br2O5S. The smallest absolute Gasteiger partial charge is 0.343 e. The van der Waals surface area contributed by atoms with Crippen LogP contribution in [-0.4, -0.2) is 22.6 Å². The quantitative estimate of drug-likeness (QED) is 0.643. The molecule has 0 amide bonds. The van der Waals surface area contributed by atoms with Crippen LogP contribution >= 0.6 is 31.9 Å². The lowest BCUT2D eigenvalue weighted by molar-refractivity contribution is 0.388. The van der Waals surface area contributed by atoms with Gasteiger partial charge in [0.05, 0.1) is 18.7 Å². The average molecular weight is 452 g/mol. The molecule has 0 unspecified atom stereocenters. The van der Waals surface area contributed by atoms with Gasteiger partial charge >= 0.3 is 10.1 Å². The monoisotopic (exact) mass is 450 g/mol. The summed E-state index contributed by atoms with van der Waals surface area (Å²) in [5, 5.41) is 0. The number of hydrogen-bond acceptors (Lipinski definition) is 5. The second-order valence-corrected chi connectivity index (χ2v) is 7.41. The molecule has 0 spiro atoms. The zero-order valence-corrected chi connectivity index (χ0v) is 15.7. The van der Waals surface area contributed by atoms with Gasteiger partial charge in [-0.1, -0.05) is 15.9 Å². The zero-order chi connectivity index (χ0) is 16.3. The van der Waals surface area contributed by atoms with E-state index in [1.807, 2.05) is 0 Å². The summed E-state index contributed by atoms with van der Waals surface area (Å²) in [6.07, 6.45) is 0. The first-order valence-corrected chi connectivity index (χ1v) is 8.98. The second kappa shape index (κ2) is 6.89. The van der Waals surface area contributed by atoms with Crippen molar-refractivity contribution >= 4 is 42.0 Å². The third-order valence-electron chi connectivity index (χ3n) is 2.73. The summed E-state index contributed by atoms with van der Waals surface area (Å²) in [5.41, 5.74) is 0. The van der Waals surface area contributed by atoms with Gasteiger partial charge in [-0.15, -0.1) is 0 Å². The van der Waals surface area contributed by atoms with Crippen LogP contribution in [0.25, 0.3) is 0 Å². The fraction of sp³-hybridized carbons (Fsp3) is 0.143. The first-order chi connectivity index (χ1) is 10.4. The molecule has 0 aliphatic heterocycles. The molecule has 0 aliphatic rings. The fourth-order valence-corrected chi connectivity index (χ4v) is 4.05. The van der Waals surface area contributed by atoms with Gasteiger partial charge in [-0.25, -0.2) is 0 Å². The number of benzene rings is 2. The van der Waals surface area contributed by atoms with E-state index in [1.54, 1.807) is 24.3 Å². The number of hydrogen-bond donors (Lipinski definition) is 0. The molecule has 2 aromatic carbocycles. The number of rotatable bonds is 5. The van der Waals surface area contributed by atoms with Crippen molar-refractivity contribution < 1.29 is 22.1 Å². The Labute approximate surface area is 145 Å². The molecule has 2 rings (SSSR count). The maximum atomic E-state index is 12.5. The third-order valence-corrected chi connectivity index (χ3v) is 5.10. The van der Waals surface area contributed by atoms with E-state index in [2.05, 4.69) is 31.9 Å². The van der Waals surface area contributed by atoms with Gasteiger partial charge in [0.1, 0.15) is 11.5 Å². The van der Waals surface area contributed by atoms with Gasteiger partial charge in [0.2, 0.25) is 0 Å². The molecule has 5 nitrogen and oxygen atoms in total. The van der Waals surface area contributed by atoms with Gasteiger partial charge in [0.15, 0.2) is 10.6 Å². The Bertz CT molecular complexity index is 790. The van der Waals surface area contributed by atoms with Crippen LogP contribution in [0.5, 0.6) is 17.2 Å². The highest BCUT2D eigenvalue weighted by Crippen LogP contribution is 2.34. The normalized spacial score (nSPS) is 11.1. The van der Waals surface area contributed by atoms with Gasteiger partial charge < -0.3 is 13.7 Å². The van der Waals surface area contributed by atoms with Crippen molar-refractivity contribution in [2.45, 2.75) is 4.90 Å². The van der Waals surface area contributed by atoms with Gasteiger partial charge in [-0.3, -0.25) is 0 Å². The largest absolute Gasteiger partial charge is 0.497 e. The van der Waals surface area contributed by atoms with Gasteiger partial charge in [0.25, 0.3) is 0 Å². The third kappa shape index (κ3) is 3.74. The highest BCUT2D eigenvalue weighted by molar-refractivity contribution is 9.11. The minimum atomic E-state index is -4.07. The molecule has 0 saturated heterocycles. The van der Waals surface area contributed by atoms with Crippen molar-refractivity contribution in [3.8, 4) is 17.2 Å². The zero-order valence-electron chi connectivity index (χ0n) is 11.7. The molecular weight excluding hydrogens is 440 g/mol. The van der Waals surface area contributed by atoms with Crippen LogP contribution in [0.3, 0.4) is 0 Å². The van der Waals surface area contributed by atoms with Crippen LogP contribution in [-0.2, 0) is 10.1 Å². The molecule has 0 atom stereocenters. The predicted molar refractivity (Wildman–Crippen MR) is 89.2 cm³/mol. The lowest BCUT2D eigenvalue weighted by Gasteiger charge is -2.12. The van der Waals surface area contributed by atoms with E-state index in [1.165, 1.54) is 26.4 Å². The van der Waals surface area contributed by atoms with Crippen LogP contribution in [0, 0.1) is 0 Å². The minimum Gasteiger partial charge on any atom is -0.497 e. The second-order valence-electron chi connectivity index (χ2n) is 4.13. The maximum absolute atomic E-state index is 12.5. The maximum Gasteiger partial charge on any atom is 0.343 e. The van der Waals surface area contributed by atoms with Gasteiger partial charge in [-0.2, -0.15) is 8.42 Å². The van der Waals surface area contributed by atoms with Crippen LogP contribution < -0.4 is 13.7 Å². The summed E-state index contributed by atoms with van der Waals surface area (Å²) in [7, 11) is -1.24. The summed E-state index contributed by atoms with van der Waals surface area (Å²) in [4.78, 5) is -0.107. The first-order valence-electron chi connectivity index (χ1n) is 5.99. The Morgan fingerprint density at radius 3 is 2.18 bits per heavy atom. The van der Waals surface area contributed by atoms with Crippen molar-refractivity contribution in [1.29, 1.82) is 0 Å². The Morgan fingerprint density at radius 2 is 1.59 bits per heavy atom. The summed E-state index contributed by atoms with van der Waals surface area (Å²) in [6.45, 7) is 0. The highest BCUT2D eigenvalue weighted by atomic mass is 79.9. The Kier molecular flexibility index (Phi) is 5.36. The molecule has 0 radical (unpaired) electrons. The molecule has 0 aromatic heterocycles. The van der Waals surface area contributed by atoms with Crippen LogP contribution in [0.15, 0.2) is 50.2 Å². The summed E-state index contributed by atoms with van der Waals surface area (Å²) < 4.78 is 41.6. The van der Waals surface area contributed by atoms with Crippen LogP contribution in [0.4, 0.5) is 0 Å². The number of halogens is 2. The molecule has 2 aromatic rings. The lowest BCUT2D eigenvalue weighted by Crippen LogP contribution is -2.11. The molecule has 0 saturated carbocycles.